The smallest absolute Gasteiger partial charge is 0.00127 e. The number of nitrogens with zero attached hydrogens (tertiary/aromatic N) is 1. The van der Waals surface area contributed by atoms with Gasteiger partial charge in [-0.05, 0) is 37.1 Å². The van der Waals surface area contributed by atoms with Gasteiger partial charge in [0.1, 0.15) is 0 Å². The molecule has 0 aromatic rings. The molecule has 2 fully saturated rings. The lowest BCUT2D eigenvalue weighted by Crippen LogP contribution is -2.19. The van der Waals surface area contributed by atoms with Gasteiger partial charge in [0, 0.05) is 13.1 Å². The fraction of sp³-hybridized carbons (Fsp3) is 1.00. The standard InChI is InChI=1S/C12H23N/c1-4-5-9(2)6-10-11-7-13(3)8-12(10)11/h9-12H,4-8H2,1-3H3. The summed E-state index contributed by atoms with van der Waals surface area (Å²) < 4.78 is 0. The van der Waals surface area contributed by atoms with Crippen LogP contribution in [0.4, 0.5) is 0 Å². The lowest BCUT2D eigenvalue weighted by Gasteiger charge is -2.15. The van der Waals surface area contributed by atoms with Gasteiger partial charge in [-0.15, -0.1) is 0 Å². The third kappa shape index (κ3) is 1.90. The van der Waals surface area contributed by atoms with Crippen molar-refractivity contribution in [2.75, 3.05) is 20.1 Å². The van der Waals surface area contributed by atoms with Crippen molar-refractivity contribution in [3.05, 3.63) is 0 Å². The topological polar surface area (TPSA) is 3.24 Å². The van der Waals surface area contributed by atoms with Crippen LogP contribution in [-0.4, -0.2) is 25.0 Å². The van der Waals surface area contributed by atoms with E-state index < -0.39 is 0 Å². The van der Waals surface area contributed by atoms with E-state index in [9.17, 15) is 0 Å². The summed E-state index contributed by atoms with van der Waals surface area (Å²) in [7, 11) is 2.26. The maximum absolute atomic E-state index is 2.50. The van der Waals surface area contributed by atoms with E-state index in [0.29, 0.717) is 0 Å². The number of piperidine rings is 1. The largest absolute Gasteiger partial charge is 0.306 e. The Hall–Kier alpha value is -0.0400. The molecule has 13 heavy (non-hydrogen) atoms. The minimum atomic E-state index is 0.978. The van der Waals surface area contributed by atoms with Crippen LogP contribution in [0.15, 0.2) is 0 Å². The Labute approximate surface area is 82.5 Å². The summed E-state index contributed by atoms with van der Waals surface area (Å²) in [6, 6.07) is 0. The fourth-order valence-corrected chi connectivity index (χ4v) is 3.29. The van der Waals surface area contributed by atoms with Crippen LogP contribution in [0.5, 0.6) is 0 Å². The van der Waals surface area contributed by atoms with Crippen molar-refractivity contribution in [2.45, 2.75) is 33.1 Å². The SMILES string of the molecule is CCCC(C)CC1C2CN(C)CC12. The maximum Gasteiger partial charge on any atom is 0.00127 e. The van der Waals surface area contributed by atoms with Crippen LogP contribution in [0.1, 0.15) is 33.1 Å². The van der Waals surface area contributed by atoms with E-state index >= 15 is 0 Å². The Morgan fingerprint density at radius 1 is 1.31 bits per heavy atom. The molecule has 3 atom stereocenters. The first-order valence-corrected chi connectivity index (χ1v) is 5.91. The first kappa shape index (κ1) is 9.51. The summed E-state index contributed by atoms with van der Waals surface area (Å²) in [5, 5.41) is 0. The Morgan fingerprint density at radius 3 is 2.46 bits per heavy atom. The Balaban J connectivity index is 1.70. The molecule has 1 heterocycles. The molecule has 2 aliphatic rings. The molecule has 0 radical (unpaired) electrons. The summed E-state index contributed by atoms with van der Waals surface area (Å²) in [5.41, 5.74) is 0. The number of likely N-dealkylation sites (tertiary alicyclic amines) is 1. The normalized spacial score (nSPS) is 40.4. The average Bonchev–Trinajstić information content (AvgIpc) is 2.56. The number of fused-ring (bicyclic) bond motifs is 1. The zero-order valence-corrected chi connectivity index (χ0v) is 9.29. The Bertz CT molecular complexity index is 166. The second-order valence-electron chi connectivity index (χ2n) is 5.34. The quantitative estimate of drug-likeness (QED) is 0.644. The van der Waals surface area contributed by atoms with Crippen molar-refractivity contribution >= 4 is 0 Å². The summed E-state index contributed by atoms with van der Waals surface area (Å²) in [4.78, 5) is 2.50. The summed E-state index contributed by atoms with van der Waals surface area (Å²) >= 11 is 0. The van der Waals surface area contributed by atoms with Crippen LogP contribution in [0.25, 0.3) is 0 Å². The van der Waals surface area contributed by atoms with Crippen LogP contribution < -0.4 is 0 Å². The highest BCUT2D eigenvalue weighted by Gasteiger charge is 2.54. The van der Waals surface area contributed by atoms with Gasteiger partial charge in [-0.2, -0.15) is 0 Å². The van der Waals surface area contributed by atoms with Crippen molar-refractivity contribution in [1.29, 1.82) is 0 Å². The van der Waals surface area contributed by atoms with Crippen molar-refractivity contribution in [1.82, 2.24) is 4.90 Å². The van der Waals surface area contributed by atoms with Crippen molar-refractivity contribution in [3.8, 4) is 0 Å². The van der Waals surface area contributed by atoms with Gasteiger partial charge in [-0.1, -0.05) is 26.7 Å². The monoisotopic (exact) mass is 181 g/mol. The minimum Gasteiger partial charge on any atom is -0.306 e. The zero-order valence-electron chi connectivity index (χ0n) is 9.29. The van der Waals surface area contributed by atoms with Crippen LogP contribution >= 0.6 is 0 Å². The van der Waals surface area contributed by atoms with Crippen LogP contribution in [0, 0.1) is 23.7 Å². The molecule has 1 nitrogen and oxygen atoms in total. The van der Waals surface area contributed by atoms with Crippen LogP contribution in [0.2, 0.25) is 0 Å². The second-order valence-corrected chi connectivity index (χ2v) is 5.34. The van der Waals surface area contributed by atoms with Gasteiger partial charge in [0.15, 0.2) is 0 Å². The van der Waals surface area contributed by atoms with E-state index in [4.69, 9.17) is 0 Å². The molecule has 76 valence electrons. The molecular formula is C12H23N. The second kappa shape index (κ2) is 3.61. The molecule has 1 aliphatic carbocycles. The molecule has 1 aliphatic heterocycles. The highest BCUT2D eigenvalue weighted by atomic mass is 15.2. The predicted octanol–water partition coefficient (Wildman–Crippen LogP) is 2.62. The van der Waals surface area contributed by atoms with Gasteiger partial charge >= 0.3 is 0 Å². The van der Waals surface area contributed by atoms with Crippen molar-refractivity contribution in [3.63, 3.8) is 0 Å². The molecule has 1 saturated carbocycles. The molecule has 0 N–H and O–H groups in total. The average molecular weight is 181 g/mol. The van der Waals surface area contributed by atoms with E-state index in [2.05, 4.69) is 25.8 Å². The van der Waals surface area contributed by atoms with E-state index in [-0.39, 0.29) is 0 Å². The molecule has 0 amide bonds. The lowest BCUT2D eigenvalue weighted by atomic mass is 9.97. The van der Waals surface area contributed by atoms with Gasteiger partial charge in [0.2, 0.25) is 0 Å². The number of hydrogen-bond donors (Lipinski definition) is 0. The molecule has 2 rings (SSSR count). The zero-order chi connectivity index (χ0) is 9.42. The molecule has 0 aromatic heterocycles. The summed E-state index contributed by atoms with van der Waals surface area (Å²) in [6.07, 6.45) is 4.31. The van der Waals surface area contributed by atoms with Gasteiger partial charge in [-0.25, -0.2) is 0 Å². The predicted molar refractivity (Wildman–Crippen MR) is 56.7 cm³/mol. The van der Waals surface area contributed by atoms with Gasteiger partial charge < -0.3 is 4.90 Å². The molecular weight excluding hydrogens is 158 g/mol. The van der Waals surface area contributed by atoms with E-state index in [1.54, 1.807) is 0 Å². The first-order valence-electron chi connectivity index (χ1n) is 5.91. The molecule has 0 spiro atoms. The minimum absolute atomic E-state index is 0.978. The molecule has 1 heteroatoms. The Morgan fingerprint density at radius 2 is 1.92 bits per heavy atom. The summed E-state index contributed by atoms with van der Waals surface area (Å²) in [6.45, 7) is 7.50. The van der Waals surface area contributed by atoms with Crippen molar-refractivity contribution in [2.24, 2.45) is 23.7 Å². The highest BCUT2D eigenvalue weighted by molar-refractivity contribution is 5.04. The molecule has 3 unspecified atom stereocenters. The lowest BCUT2D eigenvalue weighted by molar-refractivity contribution is 0.318. The van der Waals surface area contributed by atoms with Crippen LogP contribution in [0.3, 0.4) is 0 Å². The van der Waals surface area contributed by atoms with Crippen molar-refractivity contribution < 1.29 is 0 Å². The highest BCUT2D eigenvalue weighted by Crippen LogP contribution is 2.54. The maximum atomic E-state index is 2.50. The van der Waals surface area contributed by atoms with E-state index in [0.717, 1.165) is 23.7 Å². The summed E-state index contributed by atoms with van der Waals surface area (Å²) in [5.74, 6) is 4.26. The first-order chi connectivity index (χ1) is 6.22. The molecule has 0 bridgehead atoms. The van der Waals surface area contributed by atoms with E-state index in [1.807, 2.05) is 0 Å². The molecule has 0 aromatic carbocycles. The van der Waals surface area contributed by atoms with E-state index in [1.165, 1.54) is 32.4 Å². The van der Waals surface area contributed by atoms with Gasteiger partial charge in [-0.3, -0.25) is 0 Å². The Kier molecular flexibility index (Phi) is 2.64. The van der Waals surface area contributed by atoms with Gasteiger partial charge in [0.25, 0.3) is 0 Å². The van der Waals surface area contributed by atoms with Crippen LogP contribution in [-0.2, 0) is 0 Å². The number of hydrogen-bond acceptors (Lipinski definition) is 1. The fourth-order valence-electron chi connectivity index (χ4n) is 3.29. The third-order valence-electron chi connectivity index (χ3n) is 4.01. The number of rotatable bonds is 4. The molecule has 1 saturated heterocycles. The van der Waals surface area contributed by atoms with Gasteiger partial charge in [0.05, 0.1) is 0 Å². The third-order valence-corrected chi connectivity index (χ3v) is 4.01.